The van der Waals surface area contributed by atoms with Gasteiger partial charge in [0.1, 0.15) is 5.75 Å². The molecule has 1 aromatic carbocycles. The summed E-state index contributed by atoms with van der Waals surface area (Å²) in [6, 6.07) is 3.81. The maximum Gasteiger partial charge on any atom is 0.120 e. The number of hydrogen-bond acceptors (Lipinski definition) is 1. The van der Waals surface area contributed by atoms with E-state index < -0.39 is 0 Å². The molecule has 78 valence electrons. The van der Waals surface area contributed by atoms with Crippen molar-refractivity contribution in [3.05, 3.63) is 26.8 Å². The van der Waals surface area contributed by atoms with Gasteiger partial charge in [0.25, 0.3) is 0 Å². The Hall–Kier alpha value is -0.250. The SMILES string of the molecule is CCc1ccc(O)c(C(C)(C)C)c1I. The first-order valence-electron chi connectivity index (χ1n) is 4.88. The maximum absolute atomic E-state index is 9.84. The first kappa shape index (κ1) is 11.8. The molecule has 0 aliphatic rings. The molecule has 0 unspecified atom stereocenters. The summed E-state index contributed by atoms with van der Waals surface area (Å²) in [6.45, 7) is 8.53. The highest BCUT2D eigenvalue weighted by atomic mass is 127. The Morgan fingerprint density at radius 1 is 1.29 bits per heavy atom. The summed E-state index contributed by atoms with van der Waals surface area (Å²) in [5.41, 5.74) is 2.39. The quantitative estimate of drug-likeness (QED) is 0.781. The van der Waals surface area contributed by atoms with Crippen molar-refractivity contribution in [2.45, 2.75) is 39.5 Å². The van der Waals surface area contributed by atoms with Crippen LogP contribution in [0.1, 0.15) is 38.8 Å². The van der Waals surface area contributed by atoms with Gasteiger partial charge in [-0.1, -0.05) is 33.8 Å². The molecule has 2 heteroatoms. The fraction of sp³-hybridized carbons (Fsp3) is 0.500. The van der Waals surface area contributed by atoms with Crippen LogP contribution in [0.5, 0.6) is 5.75 Å². The number of rotatable bonds is 1. The van der Waals surface area contributed by atoms with Gasteiger partial charge in [-0.25, -0.2) is 0 Å². The number of hydrogen-bond donors (Lipinski definition) is 1. The lowest BCUT2D eigenvalue weighted by molar-refractivity contribution is 0.444. The minimum Gasteiger partial charge on any atom is -0.508 e. The van der Waals surface area contributed by atoms with Gasteiger partial charge < -0.3 is 5.11 Å². The third-order valence-electron chi connectivity index (χ3n) is 2.33. The lowest BCUT2D eigenvalue weighted by Crippen LogP contribution is -2.14. The van der Waals surface area contributed by atoms with E-state index in [1.54, 1.807) is 0 Å². The normalized spacial score (nSPS) is 11.8. The van der Waals surface area contributed by atoms with E-state index in [2.05, 4.69) is 50.3 Å². The molecule has 0 bridgehead atoms. The Kier molecular flexibility index (Phi) is 3.45. The molecule has 1 rings (SSSR count). The number of benzene rings is 1. The highest BCUT2D eigenvalue weighted by molar-refractivity contribution is 14.1. The van der Waals surface area contributed by atoms with Crippen molar-refractivity contribution >= 4 is 22.6 Å². The first-order chi connectivity index (χ1) is 6.38. The number of aryl methyl sites for hydroxylation is 1. The molecule has 0 aliphatic carbocycles. The third kappa shape index (κ3) is 2.22. The fourth-order valence-corrected chi connectivity index (χ4v) is 3.24. The van der Waals surface area contributed by atoms with Crippen LogP contribution in [-0.4, -0.2) is 5.11 Å². The van der Waals surface area contributed by atoms with Crippen LogP contribution < -0.4 is 0 Å². The summed E-state index contributed by atoms with van der Waals surface area (Å²) in [7, 11) is 0. The van der Waals surface area contributed by atoms with Crippen LogP contribution in [0.25, 0.3) is 0 Å². The van der Waals surface area contributed by atoms with E-state index in [1.807, 2.05) is 12.1 Å². The average molecular weight is 304 g/mol. The minimum atomic E-state index is 0.00574. The molecule has 0 radical (unpaired) electrons. The predicted molar refractivity (Wildman–Crippen MR) is 68.9 cm³/mol. The second-order valence-corrected chi connectivity index (χ2v) is 5.62. The summed E-state index contributed by atoms with van der Waals surface area (Å²) in [5.74, 6) is 0.416. The van der Waals surface area contributed by atoms with E-state index in [4.69, 9.17) is 0 Å². The maximum atomic E-state index is 9.84. The van der Waals surface area contributed by atoms with Gasteiger partial charge in [-0.15, -0.1) is 0 Å². The van der Waals surface area contributed by atoms with Gasteiger partial charge in [-0.05, 0) is 46.1 Å². The molecule has 0 fully saturated rings. The van der Waals surface area contributed by atoms with Gasteiger partial charge in [0.05, 0.1) is 0 Å². The van der Waals surface area contributed by atoms with Crippen molar-refractivity contribution in [1.29, 1.82) is 0 Å². The highest BCUT2D eigenvalue weighted by Gasteiger charge is 2.22. The second-order valence-electron chi connectivity index (χ2n) is 4.54. The molecule has 0 saturated carbocycles. The zero-order chi connectivity index (χ0) is 10.9. The molecule has 0 heterocycles. The average Bonchev–Trinajstić information content (AvgIpc) is 2.02. The van der Waals surface area contributed by atoms with Crippen molar-refractivity contribution in [3.8, 4) is 5.75 Å². The van der Waals surface area contributed by atoms with Crippen molar-refractivity contribution in [2.75, 3.05) is 0 Å². The molecule has 1 nitrogen and oxygen atoms in total. The van der Waals surface area contributed by atoms with Crippen molar-refractivity contribution in [1.82, 2.24) is 0 Å². The Bertz CT molecular complexity index is 337. The van der Waals surface area contributed by atoms with Crippen molar-refractivity contribution in [2.24, 2.45) is 0 Å². The van der Waals surface area contributed by atoms with E-state index >= 15 is 0 Å². The molecule has 0 spiro atoms. The number of aromatic hydroxyl groups is 1. The second kappa shape index (κ2) is 4.09. The topological polar surface area (TPSA) is 20.2 Å². The van der Waals surface area contributed by atoms with E-state index in [1.165, 1.54) is 9.13 Å². The van der Waals surface area contributed by atoms with E-state index in [0.29, 0.717) is 5.75 Å². The van der Waals surface area contributed by atoms with Crippen molar-refractivity contribution in [3.63, 3.8) is 0 Å². The standard InChI is InChI=1S/C12H17IO/c1-5-8-6-7-9(14)10(11(8)13)12(2,3)4/h6-7,14H,5H2,1-4H3. The molecular weight excluding hydrogens is 287 g/mol. The van der Waals surface area contributed by atoms with E-state index in [-0.39, 0.29) is 5.41 Å². The lowest BCUT2D eigenvalue weighted by atomic mass is 9.85. The number of phenols is 1. The van der Waals surface area contributed by atoms with Gasteiger partial charge in [0, 0.05) is 9.13 Å². The van der Waals surface area contributed by atoms with Crippen LogP contribution in [0.4, 0.5) is 0 Å². The van der Waals surface area contributed by atoms with Crippen LogP contribution in [0.2, 0.25) is 0 Å². The van der Waals surface area contributed by atoms with E-state index in [0.717, 1.165) is 12.0 Å². The number of halogens is 1. The summed E-state index contributed by atoms with van der Waals surface area (Å²) < 4.78 is 1.21. The Morgan fingerprint density at radius 3 is 2.29 bits per heavy atom. The minimum absolute atomic E-state index is 0.00574. The van der Waals surface area contributed by atoms with Crippen LogP contribution in [0, 0.1) is 3.57 Å². The highest BCUT2D eigenvalue weighted by Crippen LogP contribution is 2.36. The summed E-state index contributed by atoms with van der Waals surface area (Å²) >= 11 is 2.33. The van der Waals surface area contributed by atoms with Crippen LogP contribution in [0.3, 0.4) is 0 Å². The molecule has 0 aliphatic heterocycles. The predicted octanol–water partition coefficient (Wildman–Crippen LogP) is 3.86. The Labute approximate surface area is 99.7 Å². The fourth-order valence-electron chi connectivity index (χ4n) is 1.60. The molecule has 0 aromatic heterocycles. The zero-order valence-corrected chi connectivity index (χ0v) is 11.3. The van der Waals surface area contributed by atoms with E-state index in [9.17, 15) is 5.11 Å². The molecule has 1 aromatic rings. The third-order valence-corrected chi connectivity index (χ3v) is 3.56. The largest absolute Gasteiger partial charge is 0.508 e. The molecule has 0 atom stereocenters. The zero-order valence-electron chi connectivity index (χ0n) is 9.19. The lowest BCUT2D eigenvalue weighted by Gasteiger charge is -2.23. The van der Waals surface area contributed by atoms with Gasteiger partial charge in [-0.2, -0.15) is 0 Å². The molecular formula is C12H17IO. The molecule has 0 amide bonds. The van der Waals surface area contributed by atoms with Crippen LogP contribution >= 0.6 is 22.6 Å². The summed E-state index contributed by atoms with van der Waals surface area (Å²) in [5, 5.41) is 9.84. The van der Waals surface area contributed by atoms with Crippen molar-refractivity contribution < 1.29 is 5.11 Å². The van der Waals surface area contributed by atoms with Gasteiger partial charge in [-0.3, -0.25) is 0 Å². The molecule has 14 heavy (non-hydrogen) atoms. The van der Waals surface area contributed by atoms with Gasteiger partial charge >= 0.3 is 0 Å². The van der Waals surface area contributed by atoms with Gasteiger partial charge in [0.15, 0.2) is 0 Å². The molecule has 0 saturated heterocycles. The number of phenolic OH excluding ortho intramolecular Hbond substituents is 1. The first-order valence-corrected chi connectivity index (χ1v) is 5.96. The Balaban J connectivity index is 3.40. The summed E-state index contributed by atoms with van der Waals surface area (Å²) in [4.78, 5) is 0. The Morgan fingerprint density at radius 2 is 1.86 bits per heavy atom. The van der Waals surface area contributed by atoms with Gasteiger partial charge in [0.2, 0.25) is 0 Å². The van der Waals surface area contributed by atoms with Crippen LogP contribution in [-0.2, 0) is 11.8 Å². The molecule has 1 N–H and O–H groups in total. The monoisotopic (exact) mass is 304 g/mol. The van der Waals surface area contributed by atoms with Crippen LogP contribution in [0.15, 0.2) is 12.1 Å². The smallest absolute Gasteiger partial charge is 0.120 e. The summed E-state index contributed by atoms with van der Waals surface area (Å²) in [6.07, 6.45) is 1.02.